The molecule has 1 atom stereocenters. The van der Waals surface area contributed by atoms with E-state index in [1.165, 1.54) is 16.8 Å². The lowest BCUT2D eigenvalue weighted by Crippen LogP contribution is -2.34. The average Bonchev–Trinajstić information content (AvgIpc) is 2.78. The Kier molecular flexibility index (Phi) is 4.02. The highest BCUT2D eigenvalue weighted by Crippen LogP contribution is 2.26. The first kappa shape index (κ1) is 12.4. The Bertz CT molecular complexity index is 378. The minimum absolute atomic E-state index is 0.222. The van der Waals surface area contributed by atoms with Crippen molar-refractivity contribution in [3.8, 4) is 0 Å². The summed E-state index contributed by atoms with van der Waals surface area (Å²) in [7, 11) is 0. The molecule has 1 unspecified atom stereocenters. The Morgan fingerprint density at radius 1 is 1.41 bits per heavy atom. The number of nitrogens with zero attached hydrogens (tertiary/aromatic N) is 1. The summed E-state index contributed by atoms with van der Waals surface area (Å²) in [6.45, 7) is 7.43. The van der Waals surface area contributed by atoms with E-state index in [4.69, 9.17) is 5.11 Å². The summed E-state index contributed by atoms with van der Waals surface area (Å²) in [6, 6.07) is 7.02. The molecule has 2 rings (SSSR count). The molecule has 1 aromatic rings. The molecule has 17 heavy (non-hydrogen) atoms. The summed E-state index contributed by atoms with van der Waals surface area (Å²) in [5.41, 5.74) is 4.10. The van der Waals surface area contributed by atoms with Crippen LogP contribution in [0.1, 0.15) is 17.5 Å². The molecule has 1 aliphatic heterocycles. The third-order valence-corrected chi connectivity index (χ3v) is 3.65. The number of rotatable bonds is 4. The van der Waals surface area contributed by atoms with Gasteiger partial charge in [0, 0.05) is 31.4 Å². The average molecular weight is 234 g/mol. The molecule has 1 fully saturated rings. The standard InChI is InChI=1S/C14H22N2O/c1-11-4-3-5-14(12(11)2)16-8-6-13(10-16)15-7-9-17/h3-5,13,15,17H,6-10H2,1-2H3. The van der Waals surface area contributed by atoms with Crippen LogP contribution in [0.2, 0.25) is 0 Å². The lowest BCUT2D eigenvalue weighted by atomic mass is 10.1. The van der Waals surface area contributed by atoms with Crippen LogP contribution in [0.4, 0.5) is 5.69 Å². The van der Waals surface area contributed by atoms with Crippen LogP contribution in [0, 0.1) is 13.8 Å². The van der Waals surface area contributed by atoms with E-state index < -0.39 is 0 Å². The Morgan fingerprint density at radius 3 is 3.00 bits per heavy atom. The molecule has 1 heterocycles. The molecule has 94 valence electrons. The van der Waals surface area contributed by atoms with Crippen LogP contribution >= 0.6 is 0 Å². The molecule has 1 aliphatic rings. The van der Waals surface area contributed by atoms with Crippen molar-refractivity contribution in [2.45, 2.75) is 26.3 Å². The van der Waals surface area contributed by atoms with Gasteiger partial charge in [-0.05, 0) is 37.5 Å². The first-order valence-corrected chi connectivity index (χ1v) is 6.38. The molecule has 1 aromatic carbocycles. The third-order valence-electron chi connectivity index (χ3n) is 3.65. The van der Waals surface area contributed by atoms with Gasteiger partial charge in [-0.15, -0.1) is 0 Å². The first-order valence-electron chi connectivity index (χ1n) is 6.38. The van der Waals surface area contributed by atoms with Crippen molar-refractivity contribution < 1.29 is 5.11 Å². The van der Waals surface area contributed by atoms with Crippen LogP contribution in [-0.2, 0) is 0 Å². The summed E-state index contributed by atoms with van der Waals surface area (Å²) < 4.78 is 0. The SMILES string of the molecule is Cc1cccc(N2CCC(NCCO)C2)c1C. The maximum atomic E-state index is 8.81. The summed E-state index contributed by atoms with van der Waals surface area (Å²) in [6.07, 6.45) is 1.16. The van der Waals surface area contributed by atoms with Crippen LogP contribution < -0.4 is 10.2 Å². The van der Waals surface area contributed by atoms with E-state index in [9.17, 15) is 0 Å². The topological polar surface area (TPSA) is 35.5 Å². The van der Waals surface area contributed by atoms with Gasteiger partial charge in [-0.1, -0.05) is 12.1 Å². The lowest BCUT2D eigenvalue weighted by molar-refractivity contribution is 0.286. The number of aryl methyl sites for hydroxylation is 1. The van der Waals surface area contributed by atoms with E-state index in [-0.39, 0.29) is 6.61 Å². The van der Waals surface area contributed by atoms with Gasteiger partial charge in [0.05, 0.1) is 6.61 Å². The van der Waals surface area contributed by atoms with Gasteiger partial charge in [0.25, 0.3) is 0 Å². The van der Waals surface area contributed by atoms with Crippen molar-refractivity contribution in [3.63, 3.8) is 0 Å². The number of nitrogens with one attached hydrogen (secondary N) is 1. The second kappa shape index (κ2) is 5.52. The number of hydrogen-bond donors (Lipinski definition) is 2. The second-order valence-corrected chi connectivity index (χ2v) is 4.83. The maximum Gasteiger partial charge on any atom is 0.0556 e. The van der Waals surface area contributed by atoms with Gasteiger partial charge in [0.15, 0.2) is 0 Å². The highest BCUT2D eigenvalue weighted by Gasteiger charge is 2.23. The van der Waals surface area contributed by atoms with Crippen LogP contribution in [0.5, 0.6) is 0 Å². The van der Waals surface area contributed by atoms with E-state index in [1.807, 2.05) is 0 Å². The van der Waals surface area contributed by atoms with Crippen LogP contribution in [-0.4, -0.2) is 37.4 Å². The van der Waals surface area contributed by atoms with E-state index in [2.05, 4.69) is 42.3 Å². The monoisotopic (exact) mass is 234 g/mol. The van der Waals surface area contributed by atoms with Crippen LogP contribution in [0.3, 0.4) is 0 Å². The quantitative estimate of drug-likeness (QED) is 0.828. The zero-order chi connectivity index (χ0) is 12.3. The molecule has 0 amide bonds. The fourth-order valence-electron chi connectivity index (χ4n) is 2.49. The Morgan fingerprint density at radius 2 is 2.24 bits per heavy atom. The first-order chi connectivity index (χ1) is 8.22. The molecule has 0 radical (unpaired) electrons. The number of aliphatic hydroxyl groups is 1. The van der Waals surface area contributed by atoms with Crippen molar-refractivity contribution in [2.24, 2.45) is 0 Å². The number of aliphatic hydroxyl groups excluding tert-OH is 1. The molecular weight excluding hydrogens is 212 g/mol. The zero-order valence-electron chi connectivity index (χ0n) is 10.7. The molecule has 3 nitrogen and oxygen atoms in total. The van der Waals surface area contributed by atoms with Gasteiger partial charge < -0.3 is 15.3 Å². The van der Waals surface area contributed by atoms with Crippen molar-refractivity contribution in [3.05, 3.63) is 29.3 Å². The van der Waals surface area contributed by atoms with Crippen molar-refractivity contribution in [1.82, 2.24) is 5.32 Å². The normalized spacial score (nSPS) is 19.9. The fourth-order valence-corrected chi connectivity index (χ4v) is 2.49. The highest BCUT2D eigenvalue weighted by molar-refractivity contribution is 5.56. The predicted molar refractivity (Wildman–Crippen MR) is 71.6 cm³/mol. The van der Waals surface area contributed by atoms with Crippen molar-refractivity contribution in [2.75, 3.05) is 31.1 Å². The van der Waals surface area contributed by atoms with Gasteiger partial charge in [-0.2, -0.15) is 0 Å². The molecule has 0 aliphatic carbocycles. The third kappa shape index (κ3) is 2.79. The molecule has 0 saturated carbocycles. The van der Waals surface area contributed by atoms with Gasteiger partial charge in [0.1, 0.15) is 0 Å². The smallest absolute Gasteiger partial charge is 0.0556 e. The van der Waals surface area contributed by atoms with Crippen molar-refractivity contribution >= 4 is 5.69 Å². The molecule has 0 aromatic heterocycles. The van der Waals surface area contributed by atoms with Crippen LogP contribution in [0.25, 0.3) is 0 Å². The molecule has 0 bridgehead atoms. The second-order valence-electron chi connectivity index (χ2n) is 4.83. The number of anilines is 1. The largest absolute Gasteiger partial charge is 0.395 e. The summed E-state index contributed by atoms with van der Waals surface area (Å²) in [5, 5.41) is 12.2. The summed E-state index contributed by atoms with van der Waals surface area (Å²) in [5.74, 6) is 0. The van der Waals surface area contributed by atoms with Crippen molar-refractivity contribution in [1.29, 1.82) is 0 Å². The van der Waals surface area contributed by atoms with Gasteiger partial charge in [-0.25, -0.2) is 0 Å². The van der Waals surface area contributed by atoms with E-state index in [1.54, 1.807) is 0 Å². The molecule has 1 saturated heterocycles. The van der Waals surface area contributed by atoms with Gasteiger partial charge in [0.2, 0.25) is 0 Å². The molecule has 2 N–H and O–H groups in total. The Hall–Kier alpha value is -1.06. The zero-order valence-corrected chi connectivity index (χ0v) is 10.7. The Labute approximate surface area is 103 Å². The Balaban J connectivity index is 2.02. The number of hydrogen-bond acceptors (Lipinski definition) is 3. The number of benzene rings is 1. The minimum Gasteiger partial charge on any atom is -0.395 e. The molecular formula is C14H22N2O. The maximum absolute atomic E-state index is 8.81. The predicted octanol–water partition coefficient (Wildman–Crippen LogP) is 1.46. The summed E-state index contributed by atoms with van der Waals surface area (Å²) >= 11 is 0. The lowest BCUT2D eigenvalue weighted by Gasteiger charge is -2.22. The van der Waals surface area contributed by atoms with Gasteiger partial charge in [-0.3, -0.25) is 0 Å². The fraction of sp³-hybridized carbons (Fsp3) is 0.571. The highest BCUT2D eigenvalue weighted by atomic mass is 16.3. The van der Waals surface area contributed by atoms with Crippen LogP contribution in [0.15, 0.2) is 18.2 Å². The minimum atomic E-state index is 0.222. The molecule has 3 heteroatoms. The van der Waals surface area contributed by atoms with Gasteiger partial charge >= 0.3 is 0 Å². The summed E-state index contributed by atoms with van der Waals surface area (Å²) in [4.78, 5) is 2.44. The van der Waals surface area contributed by atoms with E-state index in [0.29, 0.717) is 12.6 Å². The van der Waals surface area contributed by atoms with E-state index in [0.717, 1.165) is 19.5 Å². The molecule has 0 spiro atoms. The van der Waals surface area contributed by atoms with E-state index >= 15 is 0 Å².